The largest absolute Gasteiger partial charge is 0.310 e. The van der Waals surface area contributed by atoms with Crippen LogP contribution in [0.4, 0.5) is 0 Å². The minimum atomic E-state index is 0.782. The van der Waals surface area contributed by atoms with Crippen LogP contribution < -0.4 is 5.32 Å². The molecule has 0 amide bonds. The summed E-state index contributed by atoms with van der Waals surface area (Å²) in [6.07, 6.45) is 4.54. The SMILES string of the molecule is c1ccc(-n2ncc(CNCC3CCCS3)n2)cc1. The lowest BCUT2D eigenvalue weighted by Gasteiger charge is -2.08. The summed E-state index contributed by atoms with van der Waals surface area (Å²) in [5.41, 5.74) is 1.99. The number of rotatable bonds is 5. The predicted octanol–water partition coefficient (Wildman–Crippen LogP) is 2.25. The minimum Gasteiger partial charge on any atom is -0.310 e. The molecule has 1 aliphatic rings. The molecule has 0 bridgehead atoms. The Morgan fingerprint density at radius 2 is 2.21 bits per heavy atom. The van der Waals surface area contributed by atoms with Crippen molar-refractivity contribution in [2.75, 3.05) is 12.3 Å². The third-order valence-electron chi connectivity index (χ3n) is 3.23. The van der Waals surface area contributed by atoms with E-state index in [0.717, 1.165) is 29.7 Å². The fourth-order valence-electron chi connectivity index (χ4n) is 2.23. The quantitative estimate of drug-likeness (QED) is 0.908. The highest BCUT2D eigenvalue weighted by atomic mass is 32.2. The van der Waals surface area contributed by atoms with Gasteiger partial charge in [-0.05, 0) is 30.7 Å². The Labute approximate surface area is 117 Å². The van der Waals surface area contributed by atoms with E-state index in [9.17, 15) is 0 Å². The van der Waals surface area contributed by atoms with Gasteiger partial charge < -0.3 is 5.32 Å². The second-order valence-corrected chi connectivity index (χ2v) is 6.14. The van der Waals surface area contributed by atoms with Gasteiger partial charge in [-0.1, -0.05) is 18.2 Å². The highest BCUT2D eigenvalue weighted by Crippen LogP contribution is 2.25. The van der Waals surface area contributed by atoms with Gasteiger partial charge in [0.2, 0.25) is 0 Å². The highest BCUT2D eigenvalue weighted by molar-refractivity contribution is 8.00. The minimum absolute atomic E-state index is 0.782. The van der Waals surface area contributed by atoms with Gasteiger partial charge in [0.05, 0.1) is 17.6 Å². The van der Waals surface area contributed by atoms with Crippen LogP contribution in [-0.4, -0.2) is 32.5 Å². The Morgan fingerprint density at radius 3 is 3.00 bits per heavy atom. The topological polar surface area (TPSA) is 42.7 Å². The number of thioether (sulfide) groups is 1. The zero-order valence-electron chi connectivity index (χ0n) is 10.8. The number of nitrogens with zero attached hydrogens (tertiary/aromatic N) is 3. The number of nitrogens with one attached hydrogen (secondary N) is 1. The third kappa shape index (κ3) is 3.36. The molecule has 0 saturated carbocycles. The van der Waals surface area contributed by atoms with Crippen molar-refractivity contribution in [2.45, 2.75) is 24.6 Å². The van der Waals surface area contributed by atoms with E-state index >= 15 is 0 Å². The van der Waals surface area contributed by atoms with E-state index in [1.54, 1.807) is 4.80 Å². The lowest BCUT2D eigenvalue weighted by atomic mass is 10.2. The molecule has 1 aliphatic heterocycles. The van der Waals surface area contributed by atoms with E-state index in [0.29, 0.717) is 0 Å². The van der Waals surface area contributed by atoms with Crippen molar-refractivity contribution in [3.05, 3.63) is 42.2 Å². The molecular weight excluding hydrogens is 256 g/mol. The second kappa shape index (κ2) is 6.21. The van der Waals surface area contributed by atoms with Crippen molar-refractivity contribution < 1.29 is 0 Å². The molecule has 2 heterocycles. The van der Waals surface area contributed by atoms with E-state index < -0.39 is 0 Å². The summed E-state index contributed by atoms with van der Waals surface area (Å²) in [6, 6.07) is 10.00. The van der Waals surface area contributed by atoms with Gasteiger partial charge in [0, 0.05) is 18.3 Å². The molecule has 1 aromatic heterocycles. The van der Waals surface area contributed by atoms with E-state index in [1.165, 1.54) is 18.6 Å². The zero-order valence-corrected chi connectivity index (χ0v) is 11.6. The fraction of sp³-hybridized carbons (Fsp3) is 0.429. The first-order valence-electron chi connectivity index (χ1n) is 6.71. The van der Waals surface area contributed by atoms with Gasteiger partial charge in [0.15, 0.2) is 0 Å². The molecule has 4 nitrogen and oxygen atoms in total. The van der Waals surface area contributed by atoms with Crippen LogP contribution in [0.1, 0.15) is 18.5 Å². The molecule has 0 spiro atoms. The molecule has 1 aromatic carbocycles. The van der Waals surface area contributed by atoms with Crippen molar-refractivity contribution in [3.8, 4) is 5.69 Å². The van der Waals surface area contributed by atoms with Gasteiger partial charge in [-0.15, -0.1) is 0 Å². The van der Waals surface area contributed by atoms with E-state index in [-0.39, 0.29) is 0 Å². The van der Waals surface area contributed by atoms with Crippen LogP contribution in [0.5, 0.6) is 0 Å². The molecule has 19 heavy (non-hydrogen) atoms. The Kier molecular flexibility index (Phi) is 4.15. The molecule has 0 aliphatic carbocycles. The number of benzene rings is 1. The molecule has 3 rings (SSSR count). The normalized spacial score (nSPS) is 18.8. The second-order valence-electron chi connectivity index (χ2n) is 4.73. The summed E-state index contributed by atoms with van der Waals surface area (Å²) in [7, 11) is 0. The molecule has 1 atom stereocenters. The summed E-state index contributed by atoms with van der Waals surface area (Å²) in [6.45, 7) is 1.87. The summed E-state index contributed by atoms with van der Waals surface area (Å²) >= 11 is 2.08. The molecule has 1 unspecified atom stereocenters. The van der Waals surface area contributed by atoms with Crippen molar-refractivity contribution in [1.82, 2.24) is 20.3 Å². The Morgan fingerprint density at radius 1 is 1.32 bits per heavy atom. The van der Waals surface area contributed by atoms with Gasteiger partial charge >= 0.3 is 0 Å². The average Bonchev–Trinajstić information content (AvgIpc) is 3.11. The van der Waals surface area contributed by atoms with Gasteiger partial charge in [0.25, 0.3) is 0 Å². The first-order valence-corrected chi connectivity index (χ1v) is 7.76. The van der Waals surface area contributed by atoms with E-state index in [1.807, 2.05) is 36.5 Å². The van der Waals surface area contributed by atoms with Crippen LogP contribution >= 0.6 is 11.8 Å². The molecule has 2 aromatic rings. The van der Waals surface area contributed by atoms with Gasteiger partial charge in [-0.3, -0.25) is 0 Å². The van der Waals surface area contributed by atoms with E-state index in [4.69, 9.17) is 0 Å². The van der Waals surface area contributed by atoms with Crippen LogP contribution in [0.25, 0.3) is 5.69 Å². The molecule has 1 saturated heterocycles. The summed E-state index contributed by atoms with van der Waals surface area (Å²) in [5.74, 6) is 1.32. The van der Waals surface area contributed by atoms with Gasteiger partial charge in [-0.25, -0.2) is 0 Å². The molecule has 5 heteroatoms. The van der Waals surface area contributed by atoms with Gasteiger partial charge in [0.1, 0.15) is 0 Å². The Balaban J connectivity index is 1.53. The van der Waals surface area contributed by atoms with Crippen LogP contribution in [0, 0.1) is 0 Å². The van der Waals surface area contributed by atoms with Crippen LogP contribution in [-0.2, 0) is 6.54 Å². The van der Waals surface area contributed by atoms with Crippen molar-refractivity contribution in [1.29, 1.82) is 0 Å². The average molecular weight is 274 g/mol. The molecular formula is C14H18N4S. The van der Waals surface area contributed by atoms with Crippen molar-refractivity contribution in [3.63, 3.8) is 0 Å². The molecule has 1 fully saturated rings. The Bertz CT molecular complexity index is 505. The summed E-state index contributed by atoms with van der Waals surface area (Å²) < 4.78 is 0. The predicted molar refractivity (Wildman–Crippen MR) is 78.5 cm³/mol. The maximum absolute atomic E-state index is 4.48. The maximum Gasteiger partial charge on any atom is 0.0969 e. The number of hydrogen-bond acceptors (Lipinski definition) is 4. The third-order valence-corrected chi connectivity index (χ3v) is 4.63. The van der Waals surface area contributed by atoms with Gasteiger partial charge in [-0.2, -0.15) is 26.8 Å². The number of para-hydroxylation sites is 1. The van der Waals surface area contributed by atoms with Crippen LogP contribution in [0.3, 0.4) is 0 Å². The molecule has 0 radical (unpaired) electrons. The smallest absolute Gasteiger partial charge is 0.0969 e. The Hall–Kier alpha value is -1.33. The number of aromatic nitrogens is 3. The zero-order chi connectivity index (χ0) is 12.9. The lowest BCUT2D eigenvalue weighted by molar-refractivity contribution is 0.630. The first-order chi connectivity index (χ1) is 9.42. The van der Waals surface area contributed by atoms with Crippen LogP contribution in [0.2, 0.25) is 0 Å². The van der Waals surface area contributed by atoms with E-state index in [2.05, 4.69) is 27.3 Å². The fourth-order valence-corrected chi connectivity index (χ4v) is 3.46. The first kappa shape index (κ1) is 12.7. The summed E-state index contributed by atoms with van der Waals surface area (Å²) in [4.78, 5) is 1.68. The lowest BCUT2D eigenvalue weighted by Crippen LogP contribution is -2.22. The summed E-state index contributed by atoms with van der Waals surface area (Å²) in [5, 5.41) is 13.0. The molecule has 100 valence electrons. The monoisotopic (exact) mass is 274 g/mol. The maximum atomic E-state index is 4.48. The molecule has 1 N–H and O–H groups in total. The van der Waals surface area contributed by atoms with Crippen molar-refractivity contribution in [2.24, 2.45) is 0 Å². The standard InChI is InChI=1S/C14H18N4S/c1-2-5-13(6-3-1)18-16-10-12(17-18)9-15-11-14-7-4-8-19-14/h1-3,5-6,10,14-15H,4,7-9,11H2. The van der Waals surface area contributed by atoms with Crippen LogP contribution in [0.15, 0.2) is 36.5 Å². The van der Waals surface area contributed by atoms with Crippen molar-refractivity contribution >= 4 is 11.8 Å². The highest BCUT2D eigenvalue weighted by Gasteiger charge is 2.14. The number of hydrogen-bond donors (Lipinski definition) is 1.